The van der Waals surface area contributed by atoms with Crippen LogP contribution in [0.15, 0.2) is 18.2 Å². The fraction of sp³-hybridized carbons (Fsp3) is 0.529. The highest BCUT2D eigenvalue weighted by Crippen LogP contribution is 2.41. The summed E-state index contributed by atoms with van der Waals surface area (Å²) < 4.78 is 11.2. The molecule has 24 heavy (non-hydrogen) atoms. The second-order valence-electron chi connectivity index (χ2n) is 6.88. The predicted octanol–water partition coefficient (Wildman–Crippen LogP) is 3.13. The van der Waals surface area contributed by atoms with E-state index in [9.17, 15) is 9.59 Å². The van der Waals surface area contributed by atoms with Gasteiger partial charge < -0.3 is 9.47 Å². The van der Waals surface area contributed by atoms with Gasteiger partial charge in [0.15, 0.2) is 11.5 Å². The first-order chi connectivity index (χ1) is 11.2. The second-order valence-corrected chi connectivity index (χ2v) is 7.10. The Labute approximate surface area is 147 Å². The number of hydrogen-bond donors (Lipinski definition) is 1. The van der Waals surface area contributed by atoms with Gasteiger partial charge in [0.2, 0.25) is 5.91 Å². The van der Waals surface area contributed by atoms with E-state index < -0.39 is 18.0 Å². The van der Waals surface area contributed by atoms with Crippen LogP contribution in [0.1, 0.15) is 33.3 Å². The van der Waals surface area contributed by atoms with Gasteiger partial charge in [0, 0.05) is 19.0 Å². The summed E-state index contributed by atoms with van der Waals surface area (Å²) >= 11 is 5.60. The number of ether oxygens (including phenoxy) is 2. The van der Waals surface area contributed by atoms with Gasteiger partial charge in [-0.1, -0.05) is 26.0 Å². The maximum absolute atomic E-state index is 12.3. The summed E-state index contributed by atoms with van der Waals surface area (Å²) in [7, 11) is 1.36. The lowest BCUT2D eigenvalue weighted by molar-refractivity contribution is -0.130. The maximum atomic E-state index is 12.3. The lowest BCUT2D eigenvalue weighted by Crippen LogP contribution is -2.48. The molecule has 7 heteroatoms. The van der Waals surface area contributed by atoms with Crippen molar-refractivity contribution in [2.75, 3.05) is 7.05 Å². The molecule has 0 spiro atoms. The molecule has 1 atom stereocenters. The molecule has 0 unspecified atom stereocenters. The monoisotopic (exact) mass is 354 g/mol. The number of rotatable bonds is 4. The molecule has 0 aliphatic carbocycles. The Balaban J connectivity index is 2.14. The molecule has 6 nitrogen and oxygen atoms in total. The van der Waals surface area contributed by atoms with Crippen LogP contribution in [-0.4, -0.2) is 35.6 Å². The smallest absolute Gasteiger partial charge is 0.421 e. The van der Waals surface area contributed by atoms with Crippen LogP contribution in [0.2, 0.25) is 0 Å². The molecular formula is C17H23ClN2O4. The van der Waals surface area contributed by atoms with Gasteiger partial charge in [0.05, 0.1) is 0 Å². The van der Waals surface area contributed by atoms with Gasteiger partial charge >= 0.3 is 6.09 Å². The summed E-state index contributed by atoms with van der Waals surface area (Å²) in [5.74, 6) is 0.324. The number of imide groups is 1. The Kier molecular flexibility index (Phi) is 5.40. The van der Waals surface area contributed by atoms with Gasteiger partial charge in [0.1, 0.15) is 11.6 Å². The largest absolute Gasteiger partial charge is 0.483 e. The van der Waals surface area contributed by atoms with Gasteiger partial charge in [-0.2, -0.15) is 0 Å². The summed E-state index contributed by atoms with van der Waals surface area (Å²) in [6, 6.07) is 4.70. The van der Waals surface area contributed by atoms with Crippen molar-refractivity contribution in [1.82, 2.24) is 9.74 Å². The number of carbonyl (C=O) groups excluding carboxylic acids is 2. The van der Waals surface area contributed by atoms with Crippen molar-refractivity contribution in [2.45, 2.75) is 45.8 Å². The first kappa shape index (κ1) is 18.5. The van der Waals surface area contributed by atoms with Crippen molar-refractivity contribution in [1.29, 1.82) is 0 Å². The average molecular weight is 355 g/mol. The summed E-state index contributed by atoms with van der Waals surface area (Å²) in [6.07, 6.45) is -0.0482. The quantitative estimate of drug-likeness (QED) is 0.841. The zero-order valence-electron chi connectivity index (χ0n) is 14.6. The van der Waals surface area contributed by atoms with Gasteiger partial charge in [-0.15, -0.1) is 0 Å². The van der Waals surface area contributed by atoms with E-state index in [-0.39, 0.29) is 11.5 Å². The molecule has 0 bridgehead atoms. The number of halogens is 1. The maximum Gasteiger partial charge on any atom is 0.421 e. The molecule has 1 N–H and O–H groups in total. The number of nitrogens with zero attached hydrogens (tertiary/aromatic N) is 1. The molecule has 0 fully saturated rings. The summed E-state index contributed by atoms with van der Waals surface area (Å²) in [4.78, 5) is 28.0. The number of carbonyl (C=O) groups is 2. The average Bonchev–Trinajstić information content (AvgIpc) is 2.81. The van der Waals surface area contributed by atoms with E-state index in [1.54, 1.807) is 12.1 Å². The molecule has 1 heterocycles. The molecule has 132 valence electrons. The normalized spacial score (nSPS) is 16.3. The van der Waals surface area contributed by atoms with E-state index in [4.69, 9.17) is 21.3 Å². The Morgan fingerprint density at radius 2 is 2.04 bits per heavy atom. The van der Waals surface area contributed by atoms with E-state index in [0.717, 1.165) is 16.9 Å². The molecule has 0 radical (unpaired) electrons. The molecule has 2 amide bonds. The van der Waals surface area contributed by atoms with Crippen LogP contribution >= 0.6 is 11.8 Å². The van der Waals surface area contributed by atoms with Gasteiger partial charge in [-0.05, 0) is 37.6 Å². The van der Waals surface area contributed by atoms with E-state index in [2.05, 4.69) is 4.84 Å². The van der Waals surface area contributed by atoms with E-state index >= 15 is 0 Å². The molecule has 1 aliphatic heterocycles. The highest BCUT2D eigenvalue weighted by molar-refractivity contribution is 6.15. The molecule has 2 rings (SSSR count). The van der Waals surface area contributed by atoms with Crippen LogP contribution in [0.4, 0.5) is 4.79 Å². The van der Waals surface area contributed by atoms with Crippen molar-refractivity contribution < 1.29 is 19.1 Å². The topological polar surface area (TPSA) is 67.9 Å². The number of likely N-dealkylation sites (N-methyl/N-ethyl adjacent to an activating group) is 1. The Bertz CT molecular complexity index is 645. The second kappa shape index (κ2) is 6.99. The van der Waals surface area contributed by atoms with E-state index in [0.29, 0.717) is 11.5 Å². The zero-order valence-corrected chi connectivity index (χ0v) is 15.3. The standard InChI is InChI=1S/C17H23ClN2O4/c1-10(2)13(19-18)15(21)20(5)16(22)23-12-8-6-7-11-9-17(3,4)24-14(11)12/h6-8,10,13,19H,9H2,1-5H3/t13-/m0/s1. The fourth-order valence-corrected chi connectivity index (χ4v) is 2.93. The third-order valence-electron chi connectivity index (χ3n) is 3.91. The van der Waals surface area contributed by atoms with E-state index in [1.807, 2.05) is 33.8 Å². The van der Waals surface area contributed by atoms with Crippen LogP contribution < -0.4 is 14.3 Å². The Morgan fingerprint density at radius 1 is 1.38 bits per heavy atom. The van der Waals surface area contributed by atoms with Crippen LogP contribution in [0.25, 0.3) is 0 Å². The van der Waals surface area contributed by atoms with E-state index in [1.165, 1.54) is 7.05 Å². The highest BCUT2D eigenvalue weighted by atomic mass is 35.5. The highest BCUT2D eigenvalue weighted by Gasteiger charge is 2.34. The lowest BCUT2D eigenvalue weighted by atomic mass is 10.0. The number of nitrogens with one attached hydrogen (secondary N) is 1. The molecule has 0 saturated carbocycles. The number of fused-ring (bicyclic) bond motifs is 1. The third kappa shape index (κ3) is 3.82. The molecular weight excluding hydrogens is 332 g/mol. The lowest BCUT2D eigenvalue weighted by Gasteiger charge is -2.23. The number of amides is 2. The zero-order chi connectivity index (χ0) is 18.1. The SMILES string of the molecule is CC(C)[C@H](NCl)C(=O)N(C)C(=O)Oc1cccc2c1OC(C)(C)C2. The molecule has 1 aromatic rings. The third-order valence-corrected chi connectivity index (χ3v) is 4.14. The number of benzene rings is 1. The van der Waals surface area contributed by atoms with Crippen molar-refractivity contribution in [3.63, 3.8) is 0 Å². The van der Waals surface area contributed by atoms with Crippen LogP contribution in [-0.2, 0) is 11.2 Å². The number of hydrogen-bond acceptors (Lipinski definition) is 5. The summed E-state index contributed by atoms with van der Waals surface area (Å²) in [6.45, 7) is 7.59. The summed E-state index contributed by atoms with van der Waals surface area (Å²) in [5.41, 5.74) is 0.624. The fourth-order valence-electron chi connectivity index (χ4n) is 2.59. The molecule has 0 saturated heterocycles. The Morgan fingerprint density at radius 3 is 2.62 bits per heavy atom. The van der Waals surface area contributed by atoms with Crippen molar-refractivity contribution in [2.24, 2.45) is 5.92 Å². The van der Waals surface area contributed by atoms with Gasteiger partial charge in [-0.3, -0.25) is 4.79 Å². The van der Waals surface area contributed by atoms with Gasteiger partial charge in [0.25, 0.3) is 0 Å². The molecule has 1 aromatic carbocycles. The molecule has 1 aliphatic rings. The molecule has 0 aromatic heterocycles. The van der Waals surface area contributed by atoms with Crippen molar-refractivity contribution in [3.05, 3.63) is 23.8 Å². The first-order valence-corrected chi connectivity index (χ1v) is 8.20. The van der Waals surface area contributed by atoms with Crippen molar-refractivity contribution >= 4 is 23.8 Å². The minimum absolute atomic E-state index is 0.0737. The Hall–Kier alpha value is -1.79. The van der Waals surface area contributed by atoms with Gasteiger partial charge in [-0.25, -0.2) is 14.5 Å². The first-order valence-electron chi connectivity index (χ1n) is 7.82. The summed E-state index contributed by atoms with van der Waals surface area (Å²) in [5, 5.41) is 0. The van der Waals surface area contributed by atoms with Crippen LogP contribution in [0.5, 0.6) is 11.5 Å². The minimum Gasteiger partial charge on any atom is -0.483 e. The minimum atomic E-state index is -0.778. The number of para-hydroxylation sites is 1. The van der Waals surface area contributed by atoms with Crippen LogP contribution in [0.3, 0.4) is 0 Å². The predicted molar refractivity (Wildman–Crippen MR) is 91.3 cm³/mol. The van der Waals surface area contributed by atoms with Crippen LogP contribution in [0, 0.1) is 5.92 Å². The van der Waals surface area contributed by atoms with Crippen molar-refractivity contribution in [3.8, 4) is 11.5 Å².